The molecule has 0 spiro atoms. The van der Waals surface area contributed by atoms with Crippen molar-refractivity contribution < 1.29 is 4.79 Å². The molecule has 0 aliphatic heterocycles. The third-order valence-electron chi connectivity index (χ3n) is 4.22. The highest BCUT2D eigenvalue weighted by Crippen LogP contribution is 2.36. The van der Waals surface area contributed by atoms with Crippen LogP contribution in [0.3, 0.4) is 0 Å². The highest BCUT2D eigenvalue weighted by atomic mass is 32.1. The fraction of sp³-hybridized carbons (Fsp3) is 0.227. The molecule has 0 atom stereocenters. The van der Waals surface area contributed by atoms with Gasteiger partial charge in [-0.05, 0) is 17.7 Å². The van der Waals surface area contributed by atoms with Crippen molar-refractivity contribution in [2.24, 2.45) is 11.0 Å². The zero-order chi connectivity index (χ0) is 20.8. The molecule has 0 bridgehead atoms. The van der Waals surface area contributed by atoms with Crippen LogP contribution in [0, 0.1) is 5.92 Å². The van der Waals surface area contributed by atoms with E-state index in [0.717, 1.165) is 22.5 Å². The molecule has 3 rings (SSSR count). The van der Waals surface area contributed by atoms with Crippen LogP contribution in [0.25, 0.3) is 11.3 Å². The molecule has 2 N–H and O–H groups in total. The zero-order valence-electron chi connectivity index (χ0n) is 17.0. The molecule has 0 unspecified atom stereocenters. The van der Waals surface area contributed by atoms with Crippen molar-refractivity contribution in [3.8, 4) is 11.3 Å². The van der Waals surface area contributed by atoms with E-state index in [4.69, 9.17) is 0 Å². The highest BCUT2D eigenvalue weighted by Gasteiger charge is 2.16. The van der Waals surface area contributed by atoms with E-state index in [9.17, 15) is 4.79 Å². The number of rotatable bonds is 7. The molecule has 1 aromatic heterocycles. The van der Waals surface area contributed by atoms with Crippen LogP contribution in [0.15, 0.2) is 59.7 Å². The molecule has 29 heavy (non-hydrogen) atoms. The number of thiazole rings is 1. The molecule has 0 radical (unpaired) electrons. The Morgan fingerprint density at radius 3 is 2.41 bits per heavy atom. The molecular weight excluding hydrogens is 382 g/mol. The van der Waals surface area contributed by atoms with Gasteiger partial charge in [0.15, 0.2) is 0 Å². The molecule has 0 saturated heterocycles. The lowest BCUT2D eigenvalue weighted by Crippen LogP contribution is -2.17. The lowest BCUT2D eigenvalue weighted by molar-refractivity contribution is -0.118. The second-order valence-corrected chi connectivity index (χ2v) is 8.06. The third kappa shape index (κ3) is 5.42. The number of amides is 1. The van der Waals surface area contributed by atoms with E-state index in [1.807, 2.05) is 87.4 Å². The van der Waals surface area contributed by atoms with Gasteiger partial charge in [0.05, 0.1) is 6.21 Å². The van der Waals surface area contributed by atoms with Crippen molar-refractivity contribution >= 4 is 39.3 Å². The van der Waals surface area contributed by atoms with Crippen molar-refractivity contribution in [3.63, 3.8) is 0 Å². The van der Waals surface area contributed by atoms with E-state index in [1.54, 1.807) is 6.21 Å². The first-order chi connectivity index (χ1) is 13.9. The minimum absolute atomic E-state index is 0.0399. The van der Waals surface area contributed by atoms with Crippen molar-refractivity contribution in [2.45, 2.75) is 13.8 Å². The van der Waals surface area contributed by atoms with Gasteiger partial charge in [-0.2, -0.15) is 5.10 Å². The topological polar surface area (TPSA) is 69.6 Å². The average Bonchev–Trinajstić information content (AvgIpc) is 3.11. The summed E-state index contributed by atoms with van der Waals surface area (Å²) in [6, 6.07) is 17.9. The van der Waals surface area contributed by atoms with Crippen molar-refractivity contribution in [1.29, 1.82) is 0 Å². The fourth-order valence-corrected chi connectivity index (χ4v) is 3.36. The van der Waals surface area contributed by atoms with Crippen LogP contribution in [0.4, 0.5) is 15.8 Å². The lowest BCUT2D eigenvalue weighted by atomic mass is 10.1. The van der Waals surface area contributed by atoms with Gasteiger partial charge >= 0.3 is 0 Å². The Morgan fingerprint density at radius 2 is 1.79 bits per heavy atom. The monoisotopic (exact) mass is 407 g/mol. The summed E-state index contributed by atoms with van der Waals surface area (Å²) in [5.41, 5.74) is 6.77. The summed E-state index contributed by atoms with van der Waals surface area (Å²) >= 11 is 1.37. The van der Waals surface area contributed by atoms with Crippen molar-refractivity contribution in [1.82, 2.24) is 4.98 Å². The number of hydrogen-bond acceptors (Lipinski definition) is 6. The minimum Gasteiger partial charge on any atom is -0.378 e. The van der Waals surface area contributed by atoms with Gasteiger partial charge in [0.25, 0.3) is 0 Å². The first-order valence-corrected chi connectivity index (χ1v) is 10.2. The maximum absolute atomic E-state index is 12.2. The molecule has 0 aliphatic carbocycles. The summed E-state index contributed by atoms with van der Waals surface area (Å²) in [4.78, 5) is 18.9. The molecular formula is C22H25N5OS. The zero-order valence-corrected chi connectivity index (χ0v) is 17.8. The SMILES string of the molecule is CC(C)C(=O)Nc1sc(N/N=C\c2ccc(N(C)C)cc2)nc1-c1ccccc1. The van der Waals surface area contributed by atoms with Crippen LogP contribution in [0.5, 0.6) is 0 Å². The van der Waals surface area contributed by atoms with Gasteiger partial charge in [0.1, 0.15) is 10.7 Å². The number of nitrogens with one attached hydrogen (secondary N) is 2. The van der Waals surface area contributed by atoms with E-state index < -0.39 is 0 Å². The van der Waals surface area contributed by atoms with Crippen LogP contribution in [-0.2, 0) is 4.79 Å². The van der Waals surface area contributed by atoms with Gasteiger partial charge in [0, 0.05) is 31.3 Å². The van der Waals surface area contributed by atoms with E-state index in [-0.39, 0.29) is 11.8 Å². The van der Waals surface area contributed by atoms with Crippen LogP contribution in [0.2, 0.25) is 0 Å². The first-order valence-electron chi connectivity index (χ1n) is 9.37. The predicted octanol–water partition coefficient (Wildman–Crippen LogP) is 4.92. The van der Waals surface area contributed by atoms with Gasteiger partial charge in [-0.3, -0.25) is 10.2 Å². The molecule has 150 valence electrons. The van der Waals surface area contributed by atoms with Crippen LogP contribution in [-0.4, -0.2) is 31.2 Å². The van der Waals surface area contributed by atoms with Gasteiger partial charge in [-0.15, -0.1) is 0 Å². The highest BCUT2D eigenvalue weighted by molar-refractivity contribution is 7.20. The fourth-order valence-electron chi connectivity index (χ4n) is 2.52. The van der Waals surface area contributed by atoms with Crippen LogP contribution >= 0.6 is 11.3 Å². The minimum atomic E-state index is -0.111. The molecule has 0 fully saturated rings. The van der Waals surface area contributed by atoms with Gasteiger partial charge < -0.3 is 10.2 Å². The number of carbonyl (C=O) groups excluding carboxylic acids is 1. The Bertz CT molecular complexity index is 978. The summed E-state index contributed by atoms with van der Waals surface area (Å²) in [5.74, 6) is -0.151. The lowest BCUT2D eigenvalue weighted by Gasteiger charge is -2.11. The molecule has 2 aromatic carbocycles. The normalized spacial score (nSPS) is 11.1. The van der Waals surface area contributed by atoms with E-state index >= 15 is 0 Å². The molecule has 1 amide bonds. The third-order valence-corrected chi connectivity index (χ3v) is 5.09. The summed E-state index contributed by atoms with van der Waals surface area (Å²) < 4.78 is 0. The van der Waals surface area contributed by atoms with Crippen molar-refractivity contribution in [2.75, 3.05) is 29.7 Å². The Kier molecular flexibility index (Phi) is 6.61. The summed E-state index contributed by atoms with van der Waals surface area (Å²) in [7, 11) is 4.01. The van der Waals surface area contributed by atoms with E-state index in [1.165, 1.54) is 11.3 Å². The van der Waals surface area contributed by atoms with E-state index in [0.29, 0.717) is 10.1 Å². The second kappa shape index (κ2) is 9.34. The van der Waals surface area contributed by atoms with Gasteiger partial charge in [-0.25, -0.2) is 4.98 Å². The molecule has 0 saturated carbocycles. The summed E-state index contributed by atoms with van der Waals surface area (Å²) in [6.45, 7) is 3.73. The smallest absolute Gasteiger partial charge is 0.227 e. The number of anilines is 3. The molecule has 1 heterocycles. The molecule has 6 nitrogen and oxygen atoms in total. The number of hydrogen-bond donors (Lipinski definition) is 2. The molecule has 3 aromatic rings. The Morgan fingerprint density at radius 1 is 1.10 bits per heavy atom. The van der Waals surface area contributed by atoms with Crippen LogP contribution in [0.1, 0.15) is 19.4 Å². The quantitative estimate of drug-likeness (QED) is 0.431. The van der Waals surface area contributed by atoms with E-state index in [2.05, 4.69) is 20.8 Å². The standard InChI is InChI=1S/C22H25N5OS/c1-15(2)20(28)25-21-19(17-8-6-5-7-9-17)24-22(29-21)26-23-14-16-10-12-18(13-11-16)27(3)4/h5-15H,1-4H3,(H,24,26)(H,25,28)/b23-14-. The second-order valence-electron chi connectivity index (χ2n) is 7.06. The predicted molar refractivity (Wildman–Crippen MR) is 123 cm³/mol. The molecule has 7 heteroatoms. The Hall–Kier alpha value is -3.19. The Balaban J connectivity index is 1.78. The molecule has 0 aliphatic rings. The van der Waals surface area contributed by atoms with Gasteiger partial charge in [0.2, 0.25) is 11.0 Å². The largest absolute Gasteiger partial charge is 0.378 e. The maximum Gasteiger partial charge on any atom is 0.227 e. The van der Waals surface area contributed by atoms with Gasteiger partial charge in [-0.1, -0.05) is 67.6 Å². The number of hydrazone groups is 1. The number of nitrogens with zero attached hydrogens (tertiary/aromatic N) is 3. The summed E-state index contributed by atoms with van der Waals surface area (Å²) in [5, 5.41) is 8.60. The van der Waals surface area contributed by atoms with Crippen molar-refractivity contribution in [3.05, 3.63) is 60.2 Å². The first kappa shape index (κ1) is 20.5. The number of benzene rings is 2. The number of carbonyl (C=O) groups is 1. The van der Waals surface area contributed by atoms with Crippen LogP contribution < -0.4 is 15.6 Å². The maximum atomic E-state index is 12.2. The number of aromatic nitrogens is 1. The summed E-state index contributed by atoms with van der Waals surface area (Å²) in [6.07, 6.45) is 1.75. The Labute approximate surface area is 175 Å². The average molecular weight is 408 g/mol.